The van der Waals surface area contributed by atoms with Crippen molar-refractivity contribution in [2.24, 2.45) is 0 Å². The average molecular weight is 262 g/mol. The van der Waals surface area contributed by atoms with Crippen LogP contribution in [0.15, 0.2) is 43.0 Å². The molecule has 2 atom stereocenters. The standard InChI is InChI=1S/C16H22O3/c1-4-8-14(15-12-18-16(2,3)19-15)17-11-13-9-6-5-7-10-13/h4-7,9-10,14-15H,1,8,11-12H2,2-3H3. The number of ether oxygens (including phenoxy) is 3. The van der Waals surface area contributed by atoms with Crippen molar-refractivity contribution in [1.29, 1.82) is 0 Å². The summed E-state index contributed by atoms with van der Waals surface area (Å²) in [5, 5.41) is 0. The van der Waals surface area contributed by atoms with E-state index in [9.17, 15) is 0 Å². The molecule has 0 amide bonds. The van der Waals surface area contributed by atoms with Crippen molar-refractivity contribution in [3.8, 4) is 0 Å². The number of rotatable bonds is 6. The fourth-order valence-corrected chi connectivity index (χ4v) is 2.17. The lowest BCUT2D eigenvalue weighted by atomic mass is 10.1. The van der Waals surface area contributed by atoms with E-state index in [1.165, 1.54) is 0 Å². The van der Waals surface area contributed by atoms with Gasteiger partial charge < -0.3 is 14.2 Å². The van der Waals surface area contributed by atoms with Crippen molar-refractivity contribution < 1.29 is 14.2 Å². The lowest BCUT2D eigenvalue weighted by Crippen LogP contribution is -2.32. The number of hydrogen-bond acceptors (Lipinski definition) is 3. The topological polar surface area (TPSA) is 27.7 Å². The monoisotopic (exact) mass is 262 g/mol. The highest BCUT2D eigenvalue weighted by molar-refractivity contribution is 5.13. The van der Waals surface area contributed by atoms with Gasteiger partial charge in [-0.3, -0.25) is 0 Å². The van der Waals surface area contributed by atoms with E-state index >= 15 is 0 Å². The summed E-state index contributed by atoms with van der Waals surface area (Å²) in [5.41, 5.74) is 1.16. The van der Waals surface area contributed by atoms with Crippen molar-refractivity contribution in [2.75, 3.05) is 6.61 Å². The molecular formula is C16H22O3. The minimum atomic E-state index is -0.514. The van der Waals surface area contributed by atoms with Crippen LogP contribution >= 0.6 is 0 Å². The molecule has 0 saturated carbocycles. The minimum Gasteiger partial charge on any atom is -0.370 e. The molecule has 0 bridgehead atoms. The minimum absolute atomic E-state index is 0.0144. The Labute approximate surface area is 115 Å². The summed E-state index contributed by atoms with van der Waals surface area (Å²) >= 11 is 0. The molecule has 0 N–H and O–H groups in total. The molecule has 104 valence electrons. The zero-order valence-electron chi connectivity index (χ0n) is 11.7. The van der Waals surface area contributed by atoms with Crippen molar-refractivity contribution in [3.05, 3.63) is 48.6 Å². The van der Waals surface area contributed by atoms with E-state index in [1.807, 2.05) is 38.1 Å². The van der Waals surface area contributed by atoms with Gasteiger partial charge in [-0.1, -0.05) is 36.4 Å². The van der Waals surface area contributed by atoms with Crippen LogP contribution in [0.3, 0.4) is 0 Å². The van der Waals surface area contributed by atoms with Crippen LogP contribution in [0.2, 0.25) is 0 Å². The van der Waals surface area contributed by atoms with Crippen molar-refractivity contribution in [2.45, 2.75) is 44.9 Å². The maximum absolute atomic E-state index is 5.97. The third-order valence-electron chi connectivity index (χ3n) is 3.15. The molecule has 3 heteroatoms. The maximum Gasteiger partial charge on any atom is 0.163 e. The highest BCUT2D eigenvalue weighted by atomic mass is 16.7. The molecule has 1 aromatic carbocycles. The second-order valence-corrected chi connectivity index (χ2v) is 5.23. The van der Waals surface area contributed by atoms with E-state index in [0.29, 0.717) is 13.2 Å². The maximum atomic E-state index is 5.97. The van der Waals surface area contributed by atoms with Crippen LogP contribution in [0.1, 0.15) is 25.8 Å². The molecule has 1 heterocycles. The molecule has 3 nitrogen and oxygen atoms in total. The van der Waals surface area contributed by atoms with Gasteiger partial charge in [0.25, 0.3) is 0 Å². The molecule has 2 unspecified atom stereocenters. The number of hydrogen-bond donors (Lipinski definition) is 0. The third-order valence-corrected chi connectivity index (χ3v) is 3.15. The Morgan fingerprint density at radius 1 is 1.42 bits per heavy atom. The Balaban J connectivity index is 1.91. The second kappa shape index (κ2) is 6.33. The van der Waals surface area contributed by atoms with Gasteiger partial charge in [0.1, 0.15) is 6.10 Å². The Hall–Kier alpha value is -1.16. The van der Waals surface area contributed by atoms with Gasteiger partial charge in [0.2, 0.25) is 0 Å². The third kappa shape index (κ3) is 4.16. The summed E-state index contributed by atoms with van der Waals surface area (Å²) in [6, 6.07) is 10.1. The average Bonchev–Trinajstić information content (AvgIpc) is 2.76. The van der Waals surface area contributed by atoms with Gasteiger partial charge in [0.05, 0.1) is 19.3 Å². The lowest BCUT2D eigenvalue weighted by molar-refractivity contribution is -0.157. The van der Waals surface area contributed by atoms with Gasteiger partial charge in [-0.15, -0.1) is 6.58 Å². The van der Waals surface area contributed by atoms with Gasteiger partial charge in [-0.25, -0.2) is 0 Å². The van der Waals surface area contributed by atoms with Gasteiger partial charge in [-0.2, -0.15) is 0 Å². The molecule has 0 radical (unpaired) electrons. The van der Waals surface area contributed by atoms with Gasteiger partial charge in [0, 0.05) is 0 Å². The molecule has 1 saturated heterocycles. The molecule has 1 aromatic rings. The normalized spacial score (nSPS) is 23.2. The van der Waals surface area contributed by atoms with Crippen LogP contribution in [0.25, 0.3) is 0 Å². The van der Waals surface area contributed by atoms with Gasteiger partial charge in [0.15, 0.2) is 5.79 Å². The summed E-state index contributed by atoms with van der Waals surface area (Å²) in [4.78, 5) is 0. The fraction of sp³-hybridized carbons (Fsp3) is 0.500. The van der Waals surface area contributed by atoms with Crippen LogP contribution < -0.4 is 0 Å². The van der Waals surface area contributed by atoms with Crippen LogP contribution in [0.4, 0.5) is 0 Å². The van der Waals surface area contributed by atoms with E-state index < -0.39 is 5.79 Å². The Bertz CT molecular complexity index is 400. The summed E-state index contributed by atoms with van der Waals surface area (Å²) in [6.45, 7) is 8.79. The zero-order chi connectivity index (χ0) is 13.7. The SMILES string of the molecule is C=CCC(OCc1ccccc1)C1COC(C)(C)O1. The van der Waals surface area contributed by atoms with Crippen molar-refractivity contribution in [3.63, 3.8) is 0 Å². The summed E-state index contributed by atoms with van der Waals surface area (Å²) in [7, 11) is 0. The summed E-state index contributed by atoms with van der Waals surface area (Å²) in [5.74, 6) is -0.514. The Morgan fingerprint density at radius 3 is 2.74 bits per heavy atom. The first-order valence-electron chi connectivity index (χ1n) is 6.69. The molecule has 0 aliphatic carbocycles. The van der Waals surface area contributed by atoms with E-state index in [-0.39, 0.29) is 12.2 Å². The van der Waals surface area contributed by atoms with E-state index in [0.717, 1.165) is 12.0 Å². The lowest BCUT2D eigenvalue weighted by Gasteiger charge is -2.23. The smallest absolute Gasteiger partial charge is 0.163 e. The first kappa shape index (κ1) is 14.3. The molecule has 2 rings (SSSR count). The first-order chi connectivity index (χ1) is 9.11. The highest BCUT2D eigenvalue weighted by Crippen LogP contribution is 2.27. The Kier molecular flexibility index (Phi) is 4.75. The predicted molar refractivity (Wildman–Crippen MR) is 74.7 cm³/mol. The van der Waals surface area contributed by atoms with Crippen LogP contribution in [-0.4, -0.2) is 24.6 Å². The predicted octanol–water partition coefficient (Wildman–Crippen LogP) is 3.30. The zero-order valence-corrected chi connectivity index (χ0v) is 11.7. The van der Waals surface area contributed by atoms with Crippen LogP contribution in [0.5, 0.6) is 0 Å². The van der Waals surface area contributed by atoms with Gasteiger partial charge >= 0.3 is 0 Å². The molecule has 19 heavy (non-hydrogen) atoms. The Morgan fingerprint density at radius 2 is 2.16 bits per heavy atom. The highest BCUT2D eigenvalue weighted by Gasteiger charge is 2.37. The van der Waals surface area contributed by atoms with Crippen LogP contribution in [0, 0.1) is 0 Å². The summed E-state index contributed by atoms with van der Waals surface area (Å²) in [6.07, 6.45) is 2.58. The van der Waals surface area contributed by atoms with Gasteiger partial charge in [-0.05, 0) is 25.8 Å². The number of benzene rings is 1. The molecule has 1 aliphatic heterocycles. The van der Waals surface area contributed by atoms with Crippen molar-refractivity contribution in [1.82, 2.24) is 0 Å². The molecule has 1 aliphatic rings. The first-order valence-corrected chi connectivity index (χ1v) is 6.69. The molecule has 0 aromatic heterocycles. The largest absolute Gasteiger partial charge is 0.370 e. The molecular weight excluding hydrogens is 240 g/mol. The van der Waals surface area contributed by atoms with Crippen LogP contribution in [-0.2, 0) is 20.8 Å². The van der Waals surface area contributed by atoms with E-state index in [1.54, 1.807) is 0 Å². The molecule has 0 spiro atoms. The van der Waals surface area contributed by atoms with Crippen molar-refractivity contribution >= 4 is 0 Å². The quantitative estimate of drug-likeness (QED) is 0.736. The second-order valence-electron chi connectivity index (χ2n) is 5.23. The summed E-state index contributed by atoms with van der Waals surface area (Å²) < 4.78 is 17.4. The molecule has 1 fully saturated rings. The van der Waals surface area contributed by atoms with E-state index in [4.69, 9.17) is 14.2 Å². The van der Waals surface area contributed by atoms with E-state index in [2.05, 4.69) is 18.7 Å². The fourth-order valence-electron chi connectivity index (χ4n) is 2.17.